The molecule has 0 aliphatic carbocycles. The molecule has 0 radical (unpaired) electrons. The van der Waals surface area contributed by atoms with Crippen molar-refractivity contribution >= 4 is 5.91 Å². The molecule has 0 bridgehead atoms. The highest BCUT2D eigenvalue weighted by molar-refractivity contribution is 5.93. The number of carbonyl (C=O) groups excluding carboxylic acids is 1. The van der Waals surface area contributed by atoms with Gasteiger partial charge in [-0.2, -0.15) is 20.1 Å². The highest BCUT2D eigenvalue weighted by Crippen LogP contribution is 2.24. The van der Waals surface area contributed by atoms with Crippen LogP contribution in [0.1, 0.15) is 22.2 Å². The Hall–Kier alpha value is -3.76. The second-order valence-corrected chi connectivity index (χ2v) is 6.26. The van der Waals surface area contributed by atoms with E-state index in [4.69, 9.17) is 4.42 Å². The molecule has 4 aromatic heterocycles. The van der Waals surface area contributed by atoms with Crippen LogP contribution in [0.15, 0.2) is 47.5 Å². The van der Waals surface area contributed by atoms with Crippen molar-refractivity contribution in [3.8, 4) is 11.5 Å². The number of likely N-dealkylation sites (tertiary alicyclic amines) is 1. The van der Waals surface area contributed by atoms with Crippen molar-refractivity contribution < 1.29 is 9.21 Å². The molecule has 136 valence electrons. The van der Waals surface area contributed by atoms with E-state index in [2.05, 4.69) is 30.7 Å². The summed E-state index contributed by atoms with van der Waals surface area (Å²) < 4.78 is 7.08. The fraction of sp³-hybridized carbons (Fsp3) is 0.250. The second kappa shape index (κ2) is 6.20. The Labute approximate surface area is 152 Å². The van der Waals surface area contributed by atoms with E-state index >= 15 is 0 Å². The molecule has 0 atom stereocenters. The van der Waals surface area contributed by atoms with Crippen LogP contribution in [-0.2, 0) is 6.54 Å². The zero-order chi connectivity index (χ0) is 18.2. The lowest BCUT2D eigenvalue weighted by Crippen LogP contribution is -2.51. The third kappa shape index (κ3) is 2.88. The van der Waals surface area contributed by atoms with E-state index < -0.39 is 0 Å². The summed E-state index contributed by atoms with van der Waals surface area (Å²) in [5.74, 6) is 0.520. The summed E-state index contributed by atoms with van der Waals surface area (Å²) in [6.07, 6.45) is 6.67. The Bertz CT molecular complexity index is 1040. The van der Waals surface area contributed by atoms with E-state index in [1.807, 2.05) is 12.3 Å². The predicted molar refractivity (Wildman–Crippen MR) is 90.4 cm³/mol. The summed E-state index contributed by atoms with van der Waals surface area (Å²) in [4.78, 5) is 15.8. The lowest BCUT2D eigenvalue weighted by Gasteiger charge is -2.38. The molecule has 0 aromatic carbocycles. The van der Waals surface area contributed by atoms with Gasteiger partial charge >= 0.3 is 0 Å². The number of nitrogens with zero attached hydrogens (tertiary/aromatic N) is 8. The molecular weight excluding hydrogens is 350 g/mol. The van der Waals surface area contributed by atoms with Crippen molar-refractivity contribution in [1.29, 1.82) is 0 Å². The molecule has 0 saturated carbocycles. The summed E-state index contributed by atoms with van der Waals surface area (Å²) in [5.41, 5.74) is 1.81. The van der Waals surface area contributed by atoms with Crippen molar-refractivity contribution in [3.63, 3.8) is 0 Å². The summed E-state index contributed by atoms with van der Waals surface area (Å²) in [5, 5.41) is 23.3. The minimum atomic E-state index is -0.124. The van der Waals surface area contributed by atoms with Crippen LogP contribution in [0.5, 0.6) is 0 Å². The number of aromatic nitrogens is 8. The SMILES string of the molecule is O=C(c1cc(-c2ccco2)[nH]n1)N1CC(n2cc(Cn3nccn3)nn2)C1. The fourth-order valence-corrected chi connectivity index (χ4v) is 2.97. The first kappa shape index (κ1) is 15.5. The van der Waals surface area contributed by atoms with Crippen LogP contribution in [0.25, 0.3) is 11.5 Å². The third-order valence-electron chi connectivity index (χ3n) is 4.43. The quantitative estimate of drug-likeness (QED) is 0.549. The minimum Gasteiger partial charge on any atom is -0.463 e. The number of amides is 1. The molecule has 27 heavy (non-hydrogen) atoms. The lowest BCUT2D eigenvalue weighted by molar-refractivity contribution is 0.0492. The number of carbonyl (C=O) groups is 1. The van der Waals surface area contributed by atoms with Gasteiger partial charge < -0.3 is 9.32 Å². The maximum atomic E-state index is 12.6. The van der Waals surface area contributed by atoms with Crippen molar-refractivity contribution in [2.45, 2.75) is 12.6 Å². The van der Waals surface area contributed by atoms with E-state index in [0.717, 1.165) is 5.69 Å². The zero-order valence-corrected chi connectivity index (χ0v) is 14.1. The van der Waals surface area contributed by atoms with Gasteiger partial charge in [-0.25, -0.2) is 4.68 Å². The number of hydrogen-bond acceptors (Lipinski definition) is 7. The molecule has 0 spiro atoms. The van der Waals surface area contributed by atoms with E-state index in [1.165, 1.54) is 0 Å². The monoisotopic (exact) mass is 365 g/mol. The van der Waals surface area contributed by atoms with Crippen LogP contribution >= 0.6 is 0 Å². The van der Waals surface area contributed by atoms with Gasteiger partial charge in [-0.3, -0.25) is 9.89 Å². The molecule has 0 unspecified atom stereocenters. The van der Waals surface area contributed by atoms with Gasteiger partial charge in [0.2, 0.25) is 0 Å². The molecule has 11 nitrogen and oxygen atoms in total. The topological polar surface area (TPSA) is 124 Å². The largest absolute Gasteiger partial charge is 0.463 e. The normalized spacial score (nSPS) is 14.4. The first-order valence-electron chi connectivity index (χ1n) is 8.39. The van der Waals surface area contributed by atoms with Crippen LogP contribution in [0.3, 0.4) is 0 Å². The minimum absolute atomic E-state index is 0.101. The van der Waals surface area contributed by atoms with Crippen molar-refractivity contribution in [2.24, 2.45) is 0 Å². The Morgan fingerprint density at radius 3 is 2.93 bits per heavy atom. The van der Waals surface area contributed by atoms with Gasteiger partial charge in [0.05, 0.1) is 30.9 Å². The van der Waals surface area contributed by atoms with E-state index in [0.29, 0.717) is 36.8 Å². The van der Waals surface area contributed by atoms with Gasteiger partial charge in [0.25, 0.3) is 5.91 Å². The Balaban J connectivity index is 1.21. The molecule has 1 aliphatic rings. The maximum absolute atomic E-state index is 12.6. The highest BCUT2D eigenvalue weighted by atomic mass is 16.3. The molecule has 1 fully saturated rings. The van der Waals surface area contributed by atoms with Crippen LogP contribution < -0.4 is 0 Å². The maximum Gasteiger partial charge on any atom is 0.274 e. The molecule has 11 heteroatoms. The first-order valence-corrected chi connectivity index (χ1v) is 8.39. The summed E-state index contributed by atoms with van der Waals surface area (Å²) in [7, 11) is 0. The molecule has 4 aromatic rings. The van der Waals surface area contributed by atoms with Gasteiger partial charge in [0.1, 0.15) is 17.9 Å². The number of hydrogen-bond donors (Lipinski definition) is 1. The molecular formula is C16H15N9O2. The lowest BCUT2D eigenvalue weighted by atomic mass is 10.1. The molecule has 5 heterocycles. The van der Waals surface area contributed by atoms with Crippen LogP contribution in [0, 0.1) is 0 Å². The van der Waals surface area contributed by atoms with Crippen molar-refractivity contribution in [3.05, 3.63) is 54.4 Å². The average Bonchev–Trinajstić information content (AvgIpc) is 3.42. The zero-order valence-electron chi connectivity index (χ0n) is 14.1. The number of aromatic amines is 1. The molecule has 1 N–H and O–H groups in total. The first-order chi connectivity index (χ1) is 13.3. The Kier molecular flexibility index (Phi) is 3.56. The number of furan rings is 1. The highest BCUT2D eigenvalue weighted by Gasteiger charge is 2.34. The predicted octanol–water partition coefficient (Wildman–Crippen LogP) is 0.598. The third-order valence-corrected chi connectivity index (χ3v) is 4.43. The number of H-pyrrole nitrogens is 1. The summed E-state index contributed by atoms with van der Waals surface area (Å²) in [6, 6.07) is 5.39. The van der Waals surface area contributed by atoms with Crippen LogP contribution in [0.4, 0.5) is 0 Å². The molecule has 5 rings (SSSR count). The number of nitrogens with one attached hydrogen (secondary N) is 1. The van der Waals surface area contributed by atoms with E-state index in [9.17, 15) is 4.79 Å². The van der Waals surface area contributed by atoms with E-state index in [1.54, 1.807) is 45.2 Å². The average molecular weight is 365 g/mol. The Morgan fingerprint density at radius 2 is 2.15 bits per heavy atom. The van der Waals surface area contributed by atoms with Crippen molar-refractivity contribution in [2.75, 3.05) is 13.1 Å². The number of rotatable bonds is 5. The Morgan fingerprint density at radius 1 is 1.30 bits per heavy atom. The summed E-state index contributed by atoms with van der Waals surface area (Å²) >= 11 is 0. The van der Waals surface area contributed by atoms with Gasteiger partial charge in [-0.05, 0) is 12.1 Å². The van der Waals surface area contributed by atoms with Crippen molar-refractivity contribution in [1.82, 2.24) is 45.1 Å². The van der Waals surface area contributed by atoms with E-state index in [-0.39, 0.29) is 11.9 Å². The molecule has 1 amide bonds. The van der Waals surface area contributed by atoms with Crippen LogP contribution in [-0.4, -0.2) is 64.1 Å². The summed E-state index contributed by atoms with van der Waals surface area (Å²) in [6.45, 7) is 1.58. The molecule has 1 saturated heterocycles. The van der Waals surface area contributed by atoms with Gasteiger partial charge in [0, 0.05) is 19.2 Å². The smallest absolute Gasteiger partial charge is 0.274 e. The molecule has 1 aliphatic heterocycles. The van der Waals surface area contributed by atoms with Crippen LogP contribution in [0.2, 0.25) is 0 Å². The van der Waals surface area contributed by atoms with Gasteiger partial charge in [0.15, 0.2) is 11.5 Å². The van der Waals surface area contributed by atoms with Gasteiger partial charge in [-0.1, -0.05) is 5.21 Å². The fourth-order valence-electron chi connectivity index (χ4n) is 2.97. The second-order valence-electron chi connectivity index (χ2n) is 6.26. The standard InChI is InChI=1S/C16H15N9O2/c26-16(14-6-13(20-21-14)15-2-1-5-27-15)23-9-12(10-23)24-7-11(19-22-24)8-25-17-3-4-18-25/h1-7,12H,8-10H2,(H,20,21). The van der Waals surface area contributed by atoms with Gasteiger partial charge in [-0.15, -0.1) is 5.10 Å².